The lowest BCUT2D eigenvalue weighted by atomic mass is 9.96. The second-order valence-electron chi connectivity index (χ2n) is 5.98. The quantitative estimate of drug-likeness (QED) is 0.768. The normalized spacial score (nSPS) is 12.6. The Labute approximate surface area is 159 Å². The molecule has 1 aromatic heterocycles. The third-order valence-electron chi connectivity index (χ3n) is 4.07. The average Bonchev–Trinajstić information content (AvgIpc) is 3.02. The van der Waals surface area contributed by atoms with Gasteiger partial charge in [0.1, 0.15) is 22.6 Å². The van der Waals surface area contributed by atoms with Crippen molar-refractivity contribution in [3.63, 3.8) is 0 Å². The molecule has 0 saturated carbocycles. The van der Waals surface area contributed by atoms with E-state index in [9.17, 15) is 19.2 Å². The second-order valence-corrected chi connectivity index (χ2v) is 7.08. The third kappa shape index (κ3) is 4.83. The van der Waals surface area contributed by atoms with Crippen LogP contribution in [0.2, 0.25) is 0 Å². The smallest absolute Gasteiger partial charge is 0.344 e. The lowest BCUT2D eigenvalue weighted by Gasteiger charge is -2.09. The van der Waals surface area contributed by atoms with Gasteiger partial charge in [-0.25, -0.2) is 9.18 Å². The van der Waals surface area contributed by atoms with E-state index in [4.69, 9.17) is 9.47 Å². The maximum Gasteiger partial charge on any atom is 0.344 e. The van der Waals surface area contributed by atoms with Crippen molar-refractivity contribution >= 4 is 28.2 Å². The summed E-state index contributed by atoms with van der Waals surface area (Å²) in [6.07, 6.45) is 3.88. The molecule has 1 aromatic carbocycles. The summed E-state index contributed by atoms with van der Waals surface area (Å²) in [6.45, 7) is -0.866. The van der Waals surface area contributed by atoms with E-state index in [0.717, 1.165) is 36.1 Å². The minimum absolute atomic E-state index is 0.320. The molecule has 8 heteroatoms. The molecule has 0 aliphatic heterocycles. The fourth-order valence-electron chi connectivity index (χ4n) is 2.80. The molecule has 1 aliphatic rings. The van der Waals surface area contributed by atoms with Gasteiger partial charge in [0, 0.05) is 4.88 Å². The Morgan fingerprint density at radius 1 is 1.19 bits per heavy atom. The topological polar surface area (TPSA) is 88.4 Å². The number of aryl methyl sites for hydroxylation is 1. The number of nitrogens with zero attached hydrogens (tertiary/aromatic N) is 1. The maximum absolute atomic E-state index is 12.8. The maximum atomic E-state index is 12.8. The minimum atomic E-state index is -0.722. The number of anilines is 1. The molecule has 0 saturated heterocycles. The van der Waals surface area contributed by atoms with E-state index in [1.54, 1.807) is 0 Å². The molecule has 2 aromatic rings. The van der Waals surface area contributed by atoms with Gasteiger partial charge in [-0.3, -0.25) is 4.79 Å². The summed E-state index contributed by atoms with van der Waals surface area (Å²) < 4.78 is 22.8. The predicted molar refractivity (Wildman–Crippen MR) is 97.2 cm³/mol. The van der Waals surface area contributed by atoms with Crippen molar-refractivity contribution in [2.24, 2.45) is 0 Å². The number of halogens is 1. The highest BCUT2D eigenvalue weighted by molar-refractivity contribution is 7.16. The van der Waals surface area contributed by atoms with Gasteiger partial charge in [0.2, 0.25) is 0 Å². The Hall–Kier alpha value is -2.92. The number of benzene rings is 1. The molecule has 0 unspecified atom stereocenters. The highest BCUT2D eigenvalue weighted by atomic mass is 32.1. The fraction of sp³-hybridized carbons (Fsp3) is 0.316. The first kappa shape index (κ1) is 18.9. The Morgan fingerprint density at radius 3 is 2.67 bits per heavy atom. The number of hydrogen-bond donors (Lipinski definition) is 1. The van der Waals surface area contributed by atoms with E-state index in [2.05, 4.69) is 11.4 Å². The van der Waals surface area contributed by atoms with Crippen molar-refractivity contribution in [1.82, 2.24) is 0 Å². The summed E-state index contributed by atoms with van der Waals surface area (Å²) in [4.78, 5) is 24.8. The van der Waals surface area contributed by atoms with Crippen molar-refractivity contribution in [1.29, 1.82) is 5.26 Å². The summed E-state index contributed by atoms with van der Waals surface area (Å²) in [7, 11) is 0. The van der Waals surface area contributed by atoms with Crippen LogP contribution in [0.25, 0.3) is 0 Å². The molecule has 27 heavy (non-hydrogen) atoms. The standard InChI is InChI=1S/C19H17FN2O4S/c20-12-5-7-13(8-6-12)25-11-18(24)26-10-17(23)22-19-15(9-21)14-3-1-2-4-16(14)27-19/h5-8H,1-4,10-11H2,(H,22,23). The number of hydrogen-bond acceptors (Lipinski definition) is 6. The highest BCUT2D eigenvalue weighted by Crippen LogP contribution is 2.37. The van der Waals surface area contributed by atoms with Gasteiger partial charge in [-0.05, 0) is 55.5 Å². The molecule has 3 rings (SSSR count). The monoisotopic (exact) mass is 388 g/mol. The molecule has 1 N–H and O–H groups in total. The summed E-state index contributed by atoms with van der Waals surface area (Å²) in [6, 6.07) is 7.35. The van der Waals surface area contributed by atoms with Crippen molar-refractivity contribution < 1.29 is 23.5 Å². The van der Waals surface area contributed by atoms with Crippen LogP contribution in [0.4, 0.5) is 9.39 Å². The van der Waals surface area contributed by atoms with Crippen molar-refractivity contribution in [3.05, 3.63) is 46.1 Å². The largest absolute Gasteiger partial charge is 0.482 e. The van der Waals surface area contributed by atoms with Crippen LogP contribution in [0, 0.1) is 17.1 Å². The van der Waals surface area contributed by atoms with Gasteiger partial charge < -0.3 is 14.8 Å². The number of nitrogens with one attached hydrogen (secondary N) is 1. The zero-order valence-electron chi connectivity index (χ0n) is 14.4. The number of nitriles is 1. The van der Waals surface area contributed by atoms with Gasteiger partial charge in [0.05, 0.1) is 5.56 Å². The molecule has 0 atom stereocenters. The van der Waals surface area contributed by atoms with Gasteiger partial charge in [0.25, 0.3) is 5.91 Å². The van der Waals surface area contributed by atoms with E-state index in [1.807, 2.05) is 0 Å². The number of amides is 1. The number of carbonyl (C=O) groups is 2. The highest BCUT2D eigenvalue weighted by Gasteiger charge is 2.22. The van der Waals surface area contributed by atoms with Crippen LogP contribution in [-0.4, -0.2) is 25.1 Å². The number of ether oxygens (including phenoxy) is 2. The Bertz CT molecular complexity index is 886. The first-order valence-corrected chi connectivity index (χ1v) is 9.27. The lowest BCUT2D eigenvalue weighted by molar-refractivity contribution is -0.149. The molecule has 1 heterocycles. The molecule has 6 nitrogen and oxygen atoms in total. The number of thiophene rings is 1. The molecule has 0 fully saturated rings. The summed E-state index contributed by atoms with van der Waals surface area (Å²) in [5.74, 6) is -1.32. The van der Waals surface area contributed by atoms with Crippen LogP contribution in [-0.2, 0) is 27.2 Å². The molecule has 0 bridgehead atoms. The molecular weight excluding hydrogens is 371 g/mol. The zero-order valence-corrected chi connectivity index (χ0v) is 15.2. The Balaban J connectivity index is 1.48. The van der Waals surface area contributed by atoms with Crippen molar-refractivity contribution in [3.8, 4) is 11.8 Å². The summed E-state index contributed by atoms with van der Waals surface area (Å²) in [5, 5.41) is 12.5. The van der Waals surface area contributed by atoms with Crippen molar-refractivity contribution in [2.75, 3.05) is 18.5 Å². The van der Waals surface area contributed by atoms with E-state index in [0.29, 0.717) is 16.3 Å². The molecule has 140 valence electrons. The summed E-state index contributed by atoms with van der Waals surface area (Å²) >= 11 is 1.41. The Morgan fingerprint density at radius 2 is 1.93 bits per heavy atom. The molecule has 0 spiro atoms. The van der Waals surface area contributed by atoms with E-state index >= 15 is 0 Å². The second kappa shape index (κ2) is 8.64. The first-order chi connectivity index (χ1) is 13.1. The number of carbonyl (C=O) groups excluding carboxylic acids is 2. The van der Waals surface area contributed by atoms with Crippen molar-refractivity contribution in [2.45, 2.75) is 25.7 Å². The summed E-state index contributed by atoms with van der Waals surface area (Å²) in [5.41, 5.74) is 1.53. The molecular formula is C19H17FN2O4S. The van der Waals surface area contributed by atoms with E-state index in [1.165, 1.54) is 35.6 Å². The fourth-order valence-corrected chi connectivity index (χ4v) is 4.05. The SMILES string of the molecule is N#Cc1c(NC(=O)COC(=O)COc2ccc(F)cc2)sc2c1CCCC2. The number of esters is 1. The lowest BCUT2D eigenvalue weighted by Crippen LogP contribution is -2.23. The average molecular weight is 388 g/mol. The van der Waals surface area contributed by atoms with Crippen LogP contribution in [0.15, 0.2) is 24.3 Å². The predicted octanol–water partition coefficient (Wildman–Crippen LogP) is 3.20. The van der Waals surface area contributed by atoms with Gasteiger partial charge >= 0.3 is 5.97 Å². The van der Waals surface area contributed by atoms with E-state index < -0.39 is 30.9 Å². The molecule has 0 radical (unpaired) electrons. The van der Waals surface area contributed by atoms with Crippen LogP contribution >= 0.6 is 11.3 Å². The van der Waals surface area contributed by atoms with Gasteiger partial charge in [0.15, 0.2) is 13.2 Å². The van der Waals surface area contributed by atoms with E-state index in [-0.39, 0.29) is 0 Å². The van der Waals surface area contributed by atoms with Crippen LogP contribution in [0.5, 0.6) is 5.75 Å². The zero-order chi connectivity index (χ0) is 19.2. The number of rotatable bonds is 6. The van der Waals surface area contributed by atoms with Crippen LogP contribution in [0.3, 0.4) is 0 Å². The first-order valence-electron chi connectivity index (χ1n) is 8.45. The van der Waals surface area contributed by atoms with Crippen LogP contribution in [0.1, 0.15) is 28.8 Å². The molecule has 1 aliphatic carbocycles. The van der Waals surface area contributed by atoms with Gasteiger partial charge in [-0.2, -0.15) is 5.26 Å². The third-order valence-corrected chi connectivity index (χ3v) is 5.28. The number of fused-ring (bicyclic) bond motifs is 1. The minimum Gasteiger partial charge on any atom is -0.482 e. The van der Waals surface area contributed by atoms with Crippen LogP contribution < -0.4 is 10.1 Å². The molecule has 1 amide bonds. The van der Waals surface area contributed by atoms with Gasteiger partial charge in [-0.1, -0.05) is 0 Å². The Kier molecular flexibility index (Phi) is 6.04. The van der Waals surface area contributed by atoms with Gasteiger partial charge in [-0.15, -0.1) is 11.3 Å².